The highest BCUT2D eigenvalue weighted by molar-refractivity contribution is 6.32. The Labute approximate surface area is 145 Å². The molecule has 0 spiro atoms. The van der Waals surface area contributed by atoms with E-state index >= 15 is 0 Å². The Morgan fingerprint density at radius 1 is 1.21 bits per heavy atom. The van der Waals surface area contributed by atoms with Crippen molar-refractivity contribution in [3.63, 3.8) is 0 Å². The Hall–Kier alpha value is -2.40. The molecular weight excluding hydrogens is 332 g/mol. The summed E-state index contributed by atoms with van der Waals surface area (Å²) in [5.41, 5.74) is 1.79. The molecule has 0 unspecified atom stereocenters. The number of halogens is 1. The SMILES string of the molecule is Cc1cccc(OCC(=O)OCc2cc(Cl)c3c(c2)OCCO3)c1. The summed E-state index contributed by atoms with van der Waals surface area (Å²) in [5, 5.41) is 0.439. The maximum absolute atomic E-state index is 11.8. The van der Waals surface area contributed by atoms with Gasteiger partial charge in [0.25, 0.3) is 0 Å². The lowest BCUT2D eigenvalue weighted by Gasteiger charge is -2.20. The van der Waals surface area contributed by atoms with Crippen molar-refractivity contribution in [1.29, 1.82) is 0 Å². The lowest BCUT2D eigenvalue weighted by molar-refractivity contribution is -0.147. The van der Waals surface area contributed by atoms with E-state index < -0.39 is 5.97 Å². The first-order valence-corrected chi connectivity index (χ1v) is 7.93. The van der Waals surface area contributed by atoms with Crippen molar-refractivity contribution in [2.24, 2.45) is 0 Å². The quantitative estimate of drug-likeness (QED) is 0.773. The highest BCUT2D eigenvalue weighted by atomic mass is 35.5. The van der Waals surface area contributed by atoms with Crippen LogP contribution in [0.1, 0.15) is 11.1 Å². The molecule has 0 atom stereocenters. The highest BCUT2D eigenvalue weighted by Crippen LogP contribution is 2.38. The number of esters is 1. The number of benzene rings is 2. The summed E-state index contributed by atoms with van der Waals surface area (Å²) < 4.78 is 21.6. The number of aryl methyl sites for hydroxylation is 1. The van der Waals surface area contributed by atoms with E-state index in [9.17, 15) is 4.79 Å². The van der Waals surface area contributed by atoms with Gasteiger partial charge in [-0.15, -0.1) is 0 Å². The maximum Gasteiger partial charge on any atom is 0.344 e. The zero-order valence-corrected chi connectivity index (χ0v) is 14.0. The summed E-state index contributed by atoms with van der Waals surface area (Å²) >= 11 is 6.15. The zero-order valence-electron chi connectivity index (χ0n) is 13.2. The summed E-state index contributed by atoms with van der Waals surface area (Å²) in [6.07, 6.45) is 0. The number of fused-ring (bicyclic) bond motifs is 1. The molecule has 126 valence electrons. The molecular formula is C18H17ClO5. The molecule has 0 N–H and O–H groups in total. The van der Waals surface area contributed by atoms with Gasteiger partial charge in [-0.3, -0.25) is 0 Å². The minimum Gasteiger partial charge on any atom is -0.486 e. The average molecular weight is 349 g/mol. The highest BCUT2D eigenvalue weighted by Gasteiger charge is 2.17. The van der Waals surface area contributed by atoms with Crippen molar-refractivity contribution >= 4 is 17.6 Å². The first-order valence-electron chi connectivity index (χ1n) is 7.55. The number of hydrogen-bond acceptors (Lipinski definition) is 5. The molecule has 0 fully saturated rings. The maximum atomic E-state index is 11.8. The second-order valence-corrected chi connectivity index (χ2v) is 5.77. The van der Waals surface area contributed by atoms with E-state index in [1.807, 2.05) is 25.1 Å². The molecule has 0 saturated heterocycles. The van der Waals surface area contributed by atoms with Gasteiger partial charge in [0.15, 0.2) is 18.1 Å². The Morgan fingerprint density at radius 3 is 2.88 bits per heavy atom. The van der Waals surface area contributed by atoms with Gasteiger partial charge in [-0.25, -0.2) is 4.79 Å². The van der Waals surface area contributed by atoms with Crippen LogP contribution in [0.4, 0.5) is 0 Å². The fourth-order valence-electron chi connectivity index (χ4n) is 2.30. The van der Waals surface area contributed by atoms with Crippen LogP contribution < -0.4 is 14.2 Å². The van der Waals surface area contributed by atoms with Crippen molar-refractivity contribution in [3.8, 4) is 17.2 Å². The third-order valence-corrected chi connectivity index (χ3v) is 3.68. The predicted molar refractivity (Wildman–Crippen MR) is 88.9 cm³/mol. The molecule has 1 heterocycles. The summed E-state index contributed by atoms with van der Waals surface area (Å²) in [6.45, 7) is 2.83. The molecule has 1 aliphatic heterocycles. The van der Waals surface area contributed by atoms with E-state index in [-0.39, 0.29) is 13.2 Å². The van der Waals surface area contributed by atoms with Gasteiger partial charge >= 0.3 is 5.97 Å². The van der Waals surface area contributed by atoms with Crippen molar-refractivity contribution in [2.75, 3.05) is 19.8 Å². The van der Waals surface area contributed by atoms with Crippen molar-refractivity contribution < 1.29 is 23.7 Å². The van der Waals surface area contributed by atoms with E-state index in [2.05, 4.69) is 0 Å². The second kappa shape index (κ2) is 7.45. The largest absolute Gasteiger partial charge is 0.486 e. The minimum atomic E-state index is -0.456. The van der Waals surface area contributed by atoms with E-state index in [0.29, 0.717) is 35.5 Å². The van der Waals surface area contributed by atoms with Crippen LogP contribution in [-0.4, -0.2) is 25.8 Å². The van der Waals surface area contributed by atoms with Gasteiger partial charge in [0, 0.05) is 0 Å². The average Bonchev–Trinajstić information content (AvgIpc) is 2.58. The van der Waals surface area contributed by atoms with Crippen LogP contribution in [0, 0.1) is 6.92 Å². The number of carbonyl (C=O) groups is 1. The smallest absolute Gasteiger partial charge is 0.344 e. The molecule has 5 nitrogen and oxygen atoms in total. The van der Waals surface area contributed by atoms with E-state index in [1.165, 1.54) is 0 Å². The summed E-state index contributed by atoms with van der Waals surface area (Å²) in [5.74, 6) is 1.27. The van der Waals surface area contributed by atoms with Gasteiger partial charge in [-0.2, -0.15) is 0 Å². The van der Waals surface area contributed by atoms with Gasteiger partial charge in [-0.1, -0.05) is 23.7 Å². The monoisotopic (exact) mass is 348 g/mol. The third kappa shape index (κ3) is 4.11. The molecule has 0 aliphatic carbocycles. The van der Waals surface area contributed by atoms with Crippen LogP contribution in [0.15, 0.2) is 36.4 Å². The summed E-state index contributed by atoms with van der Waals surface area (Å²) in [7, 11) is 0. The number of ether oxygens (including phenoxy) is 4. The topological polar surface area (TPSA) is 54.0 Å². The van der Waals surface area contributed by atoms with Crippen LogP contribution in [0.3, 0.4) is 0 Å². The Bertz CT molecular complexity index is 744. The Balaban J connectivity index is 1.53. The molecule has 0 saturated carbocycles. The van der Waals surface area contributed by atoms with Crippen LogP contribution in [-0.2, 0) is 16.1 Å². The lowest BCUT2D eigenvalue weighted by Crippen LogP contribution is -2.17. The normalized spacial score (nSPS) is 12.6. The molecule has 0 amide bonds. The number of rotatable bonds is 5. The first kappa shape index (κ1) is 16.5. The molecule has 0 aromatic heterocycles. The van der Waals surface area contributed by atoms with Crippen LogP contribution in [0.25, 0.3) is 0 Å². The van der Waals surface area contributed by atoms with Gasteiger partial charge in [-0.05, 0) is 42.3 Å². The molecule has 2 aromatic rings. The van der Waals surface area contributed by atoms with Crippen LogP contribution >= 0.6 is 11.6 Å². The summed E-state index contributed by atoms with van der Waals surface area (Å²) in [6, 6.07) is 10.9. The van der Waals surface area contributed by atoms with Crippen molar-refractivity contribution in [2.45, 2.75) is 13.5 Å². The molecule has 6 heteroatoms. The number of carbonyl (C=O) groups excluding carboxylic acids is 1. The Kier molecular flexibility index (Phi) is 5.11. The predicted octanol–water partition coefficient (Wildman–Crippen LogP) is 3.54. The molecule has 0 bridgehead atoms. The van der Waals surface area contributed by atoms with E-state index in [0.717, 1.165) is 11.1 Å². The Morgan fingerprint density at radius 2 is 2.04 bits per heavy atom. The third-order valence-electron chi connectivity index (χ3n) is 3.40. The fourth-order valence-corrected chi connectivity index (χ4v) is 2.59. The summed E-state index contributed by atoms with van der Waals surface area (Å²) in [4.78, 5) is 11.8. The minimum absolute atomic E-state index is 0.0897. The lowest BCUT2D eigenvalue weighted by atomic mass is 10.2. The molecule has 2 aromatic carbocycles. The van der Waals surface area contributed by atoms with E-state index in [1.54, 1.807) is 18.2 Å². The van der Waals surface area contributed by atoms with Gasteiger partial charge in [0.05, 0.1) is 5.02 Å². The zero-order chi connectivity index (χ0) is 16.9. The van der Waals surface area contributed by atoms with Gasteiger partial charge in [0.1, 0.15) is 25.6 Å². The standard InChI is InChI=1S/C18H17ClO5/c1-12-3-2-4-14(7-12)23-11-17(20)24-10-13-8-15(19)18-16(9-13)21-5-6-22-18/h2-4,7-9H,5-6,10-11H2,1H3. The van der Waals surface area contributed by atoms with E-state index in [4.69, 9.17) is 30.5 Å². The van der Waals surface area contributed by atoms with Crippen LogP contribution in [0.5, 0.6) is 17.2 Å². The first-order chi connectivity index (χ1) is 11.6. The van der Waals surface area contributed by atoms with Crippen LogP contribution in [0.2, 0.25) is 5.02 Å². The van der Waals surface area contributed by atoms with Gasteiger partial charge in [0.2, 0.25) is 0 Å². The van der Waals surface area contributed by atoms with Gasteiger partial charge < -0.3 is 18.9 Å². The molecule has 1 aliphatic rings. The van der Waals surface area contributed by atoms with Crippen molar-refractivity contribution in [3.05, 3.63) is 52.5 Å². The molecule has 3 rings (SSSR count). The molecule has 24 heavy (non-hydrogen) atoms. The molecule has 0 radical (unpaired) electrons. The van der Waals surface area contributed by atoms with Crippen molar-refractivity contribution in [1.82, 2.24) is 0 Å². The second-order valence-electron chi connectivity index (χ2n) is 5.37. The fraction of sp³-hybridized carbons (Fsp3) is 0.278. The number of hydrogen-bond donors (Lipinski definition) is 0.